The fourth-order valence-corrected chi connectivity index (χ4v) is 5.41. The third kappa shape index (κ3) is 5.92. The molecule has 7 nitrogen and oxygen atoms in total. The van der Waals surface area contributed by atoms with E-state index in [2.05, 4.69) is 5.32 Å². The number of anilines is 1. The van der Waals surface area contributed by atoms with Crippen molar-refractivity contribution >= 4 is 27.6 Å². The number of ether oxygens (including phenoxy) is 1. The van der Waals surface area contributed by atoms with E-state index in [4.69, 9.17) is 4.74 Å². The summed E-state index contributed by atoms with van der Waals surface area (Å²) >= 11 is 0. The topological polar surface area (TPSA) is 92.8 Å². The number of carbonyl (C=O) groups is 2. The van der Waals surface area contributed by atoms with E-state index in [0.29, 0.717) is 24.1 Å². The minimum Gasteiger partial charge on any atom is -0.462 e. The number of benzene rings is 2. The van der Waals surface area contributed by atoms with Crippen LogP contribution in [-0.2, 0) is 19.6 Å². The van der Waals surface area contributed by atoms with Crippen LogP contribution < -0.4 is 5.32 Å². The smallest absolute Gasteiger partial charge is 0.338 e. The lowest BCUT2D eigenvalue weighted by Crippen LogP contribution is -2.45. The van der Waals surface area contributed by atoms with Gasteiger partial charge in [-0.1, -0.05) is 19.3 Å². The SMILES string of the molecule is CCOC(=O)c1ccc(NC(=O)CN(C2CCCCC2)S(=O)(=O)c2ccc(F)cc2)cc1. The van der Waals surface area contributed by atoms with Gasteiger partial charge in [0, 0.05) is 11.7 Å². The van der Waals surface area contributed by atoms with Crippen LogP contribution in [-0.4, -0.2) is 43.8 Å². The zero-order valence-electron chi connectivity index (χ0n) is 17.9. The highest BCUT2D eigenvalue weighted by Crippen LogP contribution is 2.28. The average molecular weight is 463 g/mol. The van der Waals surface area contributed by atoms with Crippen LogP contribution in [0.2, 0.25) is 0 Å². The van der Waals surface area contributed by atoms with Crippen molar-refractivity contribution in [3.63, 3.8) is 0 Å². The molecule has 0 spiro atoms. The van der Waals surface area contributed by atoms with E-state index in [1.807, 2.05) is 0 Å². The molecule has 0 atom stereocenters. The maximum atomic E-state index is 13.3. The quantitative estimate of drug-likeness (QED) is 0.600. The van der Waals surface area contributed by atoms with Crippen LogP contribution in [0, 0.1) is 5.82 Å². The Hall–Kier alpha value is -2.78. The summed E-state index contributed by atoms with van der Waals surface area (Å²) in [7, 11) is -3.98. The number of rotatable bonds is 8. The van der Waals surface area contributed by atoms with Gasteiger partial charge in [-0.15, -0.1) is 0 Å². The Morgan fingerprint density at radius 2 is 1.66 bits per heavy atom. The number of nitrogens with one attached hydrogen (secondary N) is 1. The molecule has 1 fully saturated rings. The number of carbonyl (C=O) groups excluding carboxylic acids is 2. The minimum absolute atomic E-state index is 0.0453. The molecule has 172 valence electrons. The summed E-state index contributed by atoms with van der Waals surface area (Å²) in [5, 5.41) is 2.69. The molecule has 9 heteroatoms. The summed E-state index contributed by atoms with van der Waals surface area (Å²) < 4.78 is 46.0. The van der Waals surface area contributed by atoms with E-state index in [1.165, 1.54) is 28.6 Å². The Morgan fingerprint density at radius 3 is 2.25 bits per heavy atom. The van der Waals surface area contributed by atoms with Gasteiger partial charge >= 0.3 is 5.97 Å². The molecule has 0 aliphatic heterocycles. The zero-order valence-corrected chi connectivity index (χ0v) is 18.7. The van der Waals surface area contributed by atoms with Crippen molar-refractivity contribution in [3.05, 3.63) is 59.9 Å². The Bertz CT molecular complexity index is 1030. The van der Waals surface area contributed by atoms with Crippen molar-refractivity contribution < 1.29 is 27.1 Å². The number of sulfonamides is 1. The molecule has 1 aliphatic carbocycles. The highest BCUT2D eigenvalue weighted by atomic mass is 32.2. The molecule has 1 saturated carbocycles. The summed E-state index contributed by atoms with van der Waals surface area (Å²) in [6.07, 6.45) is 4.14. The van der Waals surface area contributed by atoms with E-state index in [-0.39, 0.29) is 24.1 Å². The second-order valence-corrected chi connectivity index (χ2v) is 9.53. The molecule has 0 radical (unpaired) electrons. The van der Waals surface area contributed by atoms with Gasteiger partial charge in [0.25, 0.3) is 0 Å². The molecule has 0 unspecified atom stereocenters. The predicted octanol–water partition coefficient (Wildman–Crippen LogP) is 3.96. The molecule has 1 aliphatic rings. The van der Waals surface area contributed by atoms with Crippen molar-refractivity contribution in [2.75, 3.05) is 18.5 Å². The number of hydrogen-bond donors (Lipinski definition) is 1. The zero-order chi connectivity index (χ0) is 23.1. The van der Waals surface area contributed by atoms with E-state index >= 15 is 0 Å². The van der Waals surface area contributed by atoms with Crippen LogP contribution in [0.1, 0.15) is 49.4 Å². The van der Waals surface area contributed by atoms with Crippen LogP contribution in [0.5, 0.6) is 0 Å². The molecule has 3 rings (SSSR count). The van der Waals surface area contributed by atoms with Gasteiger partial charge in [0.1, 0.15) is 5.82 Å². The largest absolute Gasteiger partial charge is 0.462 e. The van der Waals surface area contributed by atoms with Crippen LogP contribution in [0.3, 0.4) is 0 Å². The summed E-state index contributed by atoms with van der Waals surface area (Å²) in [6, 6.07) is 10.5. The molecular formula is C23H27FN2O5S. The molecule has 0 aromatic heterocycles. The maximum absolute atomic E-state index is 13.3. The summed E-state index contributed by atoms with van der Waals surface area (Å²) in [6.45, 7) is 1.62. The molecule has 1 amide bonds. The highest BCUT2D eigenvalue weighted by molar-refractivity contribution is 7.89. The van der Waals surface area contributed by atoms with Gasteiger partial charge in [0.15, 0.2) is 0 Å². The molecular weight excluding hydrogens is 435 g/mol. The van der Waals surface area contributed by atoms with E-state index in [9.17, 15) is 22.4 Å². The van der Waals surface area contributed by atoms with E-state index in [0.717, 1.165) is 31.4 Å². The van der Waals surface area contributed by atoms with Crippen LogP contribution in [0.25, 0.3) is 0 Å². The maximum Gasteiger partial charge on any atom is 0.338 e. The lowest BCUT2D eigenvalue weighted by atomic mass is 9.95. The number of amides is 1. The van der Waals surface area contributed by atoms with Crippen molar-refractivity contribution in [2.45, 2.75) is 50.0 Å². The van der Waals surface area contributed by atoms with Crippen LogP contribution in [0.15, 0.2) is 53.4 Å². The summed E-state index contributed by atoms with van der Waals surface area (Å²) in [5.41, 5.74) is 0.790. The molecule has 32 heavy (non-hydrogen) atoms. The third-order valence-electron chi connectivity index (χ3n) is 5.38. The summed E-state index contributed by atoms with van der Waals surface area (Å²) in [4.78, 5) is 24.5. The molecule has 0 heterocycles. The van der Waals surface area contributed by atoms with E-state index in [1.54, 1.807) is 19.1 Å². The van der Waals surface area contributed by atoms with Gasteiger partial charge in [-0.3, -0.25) is 4.79 Å². The third-order valence-corrected chi connectivity index (χ3v) is 7.29. The average Bonchev–Trinajstić information content (AvgIpc) is 2.79. The van der Waals surface area contributed by atoms with Gasteiger partial charge in [-0.2, -0.15) is 4.31 Å². The van der Waals surface area contributed by atoms with Gasteiger partial charge in [0.05, 0.1) is 23.6 Å². The van der Waals surface area contributed by atoms with Crippen molar-refractivity contribution in [2.24, 2.45) is 0 Å². The summed E-state index contributed by atoms with van der Waals surface area (Å²) in [5.74, 6) is -1.48. The van der Waals surface area contributed by atoms with E-state index < -0.39 is 27.7 Å². The lowest BCUT2D eigenvalue weighted by molar-refractivity contribution is -0.116. The Kier molecular flexibility index (Phi) is 7.98. The lowest BCUT2D eigenvalue weighted by Gasteiger charge is -2.33. The minimum atomic E-state index is -3.98. The standard InChI is InChI=1S/C23H27FN2O5S/c1-2-31-23(28)17-8-12-19(13-9-17)25-22(27)16-26(20-6-4-3-5-7-20)32(29,30)21-14-10-18(24)11-15-21/h8-15,20H,2-7,16H2,1H3,(H,25,27). The second kappa shape index (κ2) is 10.7. The van der Waals surface area contributed by atoms with Crippen LogP contribution in [0.4, 0.5) is 10.1 Å². The Labute approximate surface area is 187 Å². The first-order valence-electron chi connectivity index (χ1n) is 10.7. The first kappa shape index (κ1) is 23.9. The fourth-order valence-electron chi connectivity index (χ4n) is 3.77. The van der Waals surface area contributed by atoms with Crippen molar-refractivity contribution in [1.29, 1.82) is 0 Å². The van der Waals surface area contributed by atoms with Gasteiger partial charge in [-0.25, -0.2) is 17.6 Å². The molecule has 0 bridgehead atoms. The molecule has 2 aromatic carbocycles. The Balaban J connectivity index is 1.76. The Morgan fingerprint density at radius 1 is 1.03 bits per heavy atom. The van der Waals surface area contributed by atoms with Gasteiger partial charge < -0.3 is 10.1 Å². The van der Waals surface area contributed by atoms with Crippen LogP contribution >= 0.6 is 0 Å². The second-order valence-electron chi connectivity index (χ2n) is 7.64. The van der Waals surface area contributed by atoms with Gasteiger partial charge in [-0.05, 0) is 68.3 Å². The van der Waals surface area contributed by atoms with Crippen molar-refractivity contribution in [3.8, 4) is 0 Å². The fraction of sp³-hybridized carbons (Fsp3) is 0.391. The first-order chi connectivity index (χ1) is 15.3. The van der Waals surface area contributed by atoms with Gasteiger partial charge in [0.2, 0.25) is 15.9 Å². The number of hydrogen-bond acceptors (Lipinski definition) is 5. The molecule has 1 N–H and O–H groups in total. The number of halogens is 1. The number of nitrogens with zero attached hydrogens (tertiary/aromatic N) is 1. The molecule has 0 saturated heterocycles. The highest BCUT2D eigenvalue weighted by Gasteiger charge is 2.34. The normalized spacial score (nSPS) is 14.8. The monoisotopic (exact) mass is 462 g/mol. The molecule has 2 aromatic rings. The first-order valence-corrected chi connectivity index (χ1v) is 12.1. The predicted molar refractivity (Wildman–Crippen MR) is 118 cm³/mol. The van der Waals surface area contributed by atoms with Crippen molar-refractivity contribution in [1.82, 2.24) is 4.31 Å². The number of esters is 1.